The Bertz CT molecular complexity index is 808. The van der Waals surface area contributed by atoms with Gasteiger partial charge in [-0.2, -0.15) is 0 Å². The van der Waals surface area contributed by atoms with Gasteiger partial charge in [0.1, 0.15) is 17.2 Å². The van der Waals surface area contributed by atoms with Gasteiger partial charge >= 0.3 is 5.97 Å². The fraction of sp³-hybridized carbons (Fsp3) is 0.238. The van der Waals surface area contributed by atoms with E-state index in [4.69, 9.17) is 18.9 Å². The van der Waals surface area contributed by atoms with Crippen LogP contribution in [0.1, 0.15) is 22.8 Å². The van der Waals surface area contributed by atoms with Gasteiger partial charge in [-0.05, 0) is 42.8 Å². The average molecular weight is 370 g/mol. The van der Waals surface area contributed by atoms with Crippen LogP contribution < -0.4 is 14.2 Å². The van der Waals surface area contributed by atoms with Crippen LogP contribution in [0.5, 0.6) is 17.2 Å². The SMILES string of the molecule is CCOc1ccc(/C=C/C(=O)OCC(=O)c2ccc(OC)cc2OC)cc1. The summed E-state index contributed by atoms with van der Waals surface area (Å²) < 4.78 is 20.6. The topological polar surface area (TPSA) is 71.1 Å². The van der Waals surface area contributed by atoms with Crippen LogP contribution in [0.3, 0.4) is 0 Å². The first-order valence-electron chi connectivity index (χ1n) is 8.40. The lowest BCUT2D eigenvalue weighted by Crippen LogP contribution is -2.13. The summed E-state index contributed by atoms with van der Waals surface area (Å²) in [5.74, 6) is 0.720. The lowest BCUT2D eigenvalue weighted by atomic mass is 10.1. The van der Waals surface area contributed by atoms with E-state index < -0.39 is 5.97 Å². The highest BCUT2D eigenvalue weighted by Crippen LogP contribution is 2.25. The van der Waals surface area contributed by atoms with Gasteiger partial charge in [0, 0.05) is 12.1 Å². The van der Waals surface area contributed by atoms with Gasteiger partial charge in [0.2, 0.25) is 5.78 Å². The third kappa shape index (κ3) is 5.88. The van der Waals surface area contributed by atoms with Crippen LogP contribution in [0.2, 0.25) is 0 Å². The standard InChI is InChI=1S/C21H22O6/c1-4-26-16-8-5-15(6-9-16)7-12-21(23)27-14-19(22)18-11-10-17(24-2)13-20(18)25-3/h5-13H,4,14H2,1-3H3/b12-7+. The predicted octanol–water partition coefficient (Wildman–Crippen LogP) is 3.54. The molecule has 0 aromatic heterocycles. The summed E-state index contributed by atoms with van der Waals surface area (Å²) in [5, 5.41) is 0. The van der Waals surface area contributed by atoms with Crippen molar-refractivity contribution in [3.63, 3.8) is 0 Å². The molecule has 2 rings (SSSR count). The second kappa shape index (κ2) is 10.0. The zero-order valence-corrected chi connectivity index (χ0v) is 15.6. The maximum Gasteiger partial charge on any atom is 0.331 e. The molecular formula is C21H22O6. The van der Waals surface area contributed by atoms with E-state index in [2.05, 4.69) is 0 Å². The summed E-state index contributed by atoms with van der Waals surface area (Å²) in [6.07, 6.45) is 2.88. The van der Waals surface area contributed by atoms with E-state index >= 15 is 0 Å². The quantitative estimate of drug-likeness (QED) is 0.382. The first kappa shape index (κ1) is 20.0. The molecule has 2 aromatic carbocycles. The van der Waals surface area contributed by atoms with Crippen molar-refractivity contribution < 1.29 is 28.5 Å². The van der Waals surface area contributed by atoms with Crippen molar-refractivity contribution in [1.29, 1.82) is 0 Å². The Kier molecular flexibility index (Phi) is 7.43. The van der Waals surface area contributed by atoms with Gasteiger partial charge in [0.15, 0.2) is 6.61 Å². The Morgan fingerprint density at radius 1 is 0.963 bits per heavy atom. The minimum atomic E-state index is -0.607. The van der Waals surface area contributed by atoms with Gasteiger partial charge in [-0.25, -0.2) is 4.79 Å². The number of hydrogen-bond donors (Lipinski definition) is 0. The first-order valence-corrected chi connectivity index (χ1v) is 8.40. The second-order valence-electron chi connectivity index (χ2n) is 5.43. The van der Waals surface area contributed by atoms with Crippen LogP contribution in [-0.4, -0.2) is 39.2 Å². The first-order chi connectivity index (χ1) is 13.1. The van der Waals surface area contributed by atoms with Crippen LogP contribution in [0, 0.1) is 0 Å². The number of benzene rings is 2. The zero-order valence-electron chi connectivity index (χ0n) is 15.6. The zero-order chi connectivity index (χ0) is 19.6. The summed E-state index contributed by atoms with van der Waals surface area (Å²) in [4.78, 5) is 24.1. The van der Waals surface area contributed by atoms with E-state index in [9.17, 15) is 9.59 Å². The van der Waals surface area contributed by atoms with Crippen molar-refractivity contribution >= 4 is 17.8 Å². The fourth-order valence-electron chi connectivity index (χ4n) is 2.30. The molecule has 142 valence electrons. The Balaban J connectivity index is 1.92. The number of hydrogen-bond acceptors (Lipinski definition) is 6. The lowest BCUT2D eigenvalue weighted by molar-refractivity contribution is -0.136. The minimum absolute atomic E-state index is 0.321. The smallest absolute Gasteiger partial charge is 0.331 e. The average Bonchev–Trinajstić information content (AvgIpc) is 2.71. The van der Waals surface area contributed by atoms with E-state index in [1.165, 1.54) is 20.3 Å². The summed E-state index contributed by atoms with van der Waals surface area (Å²) >= 11 is 0. The molecule has 0 saturated carbocycles. The van der Waals surface area contributed by atoms with Crippen LogP contribution >= 0.6 is 0 Å². The molecule has 0 aliphatic carbocycles. The maximum absolute atomic E-state index is 12.3. The predicted molar refractivity (Wildman–Crippen MR) is 101 cm³/mol. The molecule has 0 aliphatic rings. The van der Waals surface area contributed by atoms with Gasteiger partial charge in [-0.1, -0.05) is 12.1 Å². The molecule has 6 nitrogen and oxygen atoms in total. The Labute approximate surface area is 158 Å². The highest BCUT2D eigenvalue weighted by Gasteiger charge is 2.14. The summed E-state index contributed by atoms with van der Waals surface area (Å²) in [7, 11) is 2.98. The molecular weight excluding hydrogens is 348 g/mol. The molecule has 0 amide bonds. The molecule has 27 heavy (non-hydrogen) atoms. The van der Waals surface area contributed by atoms with Gasteiger partial charge in [0.05, 0.1) is 26.4 Å². The van der Waals surface area contributed by atoms with Crippen LogP contribution in [0.25, 0.3) is 6.08 Å². The molecule has 0 unspecified atom stereocenters. The van der Waals surface area contributed by atoms with Crippen LogP contribution in [0.4, 0.5) is 0 Å². The third-order valence-corrected chi connectivity index (χ3v) is 3.66. The summed E-state index contributed by atoms with van der Waals surface area (Å²) in [5.41, 5.74) is 1.14. The second-order valence-corrected chi connectivity index (χ2v) is 5.43. The molecule has 6 heteroatoms. The molecule has 0 saturated heterocycles. The van der Waals surface area contributed by atoms with Crippen molar-refractivity contribution in [2.45, 2.75) is 6.92 Å². The number of esters is 1. The molecule has 0 atom stereocenters. The van der Waals surface area contributed by atoms with Gasteiger partial charge < -0.3 is 18.9 Å². The van der Waals surface area contributed by atoms with E-state index in [0.29, 0.717) is 23.7 Å². The molecule has 0 radical (unpaired) electrons. The maximum atomic E-state index is 12.3. The monoisotopic (exact) mass is 370 g/mol. The minimum Gasteiger partial charge on any atom is -0.497 e. The number of rotatable bonds is 9. The van der Waals surface area contributed by atoms with E-state index in [-0.39, 0.29) is 12.4 Å². The Morgan fingerprint density at radius 2 is 1.67 bits per heavy atom. The molecule has 0 N–H and O–H groups in total. The largest absolute Gasteiger partial charge is 0.497 e. The molecule has 0 aliphatic heterocycles. The van der Waals surface area contributed by atoms with Gasteiger partial charge in [-0.3, -0.25) is 4.79 Å². The van der Waals surface area contributed by atoms with E-state index in [1.807, 2.05) is 31.2 Å². The third-order valence-electron chi connectivity index (χ3n) is 3.66. The van der Waals surface area contributed by atoms with Crippen molar-refractivity contribution in [1.82, 2.24) is 0 Å². The van der Waals surface area contributed by atoms with E-state index in [0.717, 1.165) is 11.3 Å². The number of carbonyl (C=O) groups excluding carboxylic acids is 2. The number of ketones is 1. The van der Waals surface area contributed by atoms with Crippen molar-refractivity contribution in [3.05, 3.63) is 59.7 Å². The van der Waals surface area contributed by atoms with E-state index in [1.54, 1.807) is 24.3 Å². The van der Waals surface area contributed by atoms with Crippen molar-refractivity contribution in [3.8, 4) is 17.2 Å². The Morgan fingerprint density at radius 3 is 2.30 bits per heavy atom. The van der Waals surface area contributed by atoms with Gasteiger partial charge in [-0.15, -0.1) is 0 Å². The molecule has 0 fully saturated rings. The summed E-state index contributed by atoms with van der Waals surface area (Å²) in [6.45, 7) is 2.12. The van der Waals surface area contributed by atoms with Crippen LogP contribution in [-0.2, 0) is 9.53 Å². The number of Topliss-reactive ketones (excluding diaryl/α,β-unsaturated/α-hetero) is 1. The normalized spacial score (nSPS) is 10.5. The van der Waals surface area contributed by atoms with Crippen molar-refractivity contribution in [2.75, 3.05) is 27.4 Å². The highest BCUT2D eigenvalue weighted by atomic mass is 16.5. The number of methoxy groups -OCH3 is 2. The molecule has 2 aromatic rings. The Hall–Kier alpha value is -3.28. The molecule has 0 bridgehead atoms. The summed E-state index contributed by atoms with van der Waals surface area (Å²) in [6, 6.07) is 12.1. The van der Waals surface area contributed by atoms with Crippen LogP contribution in [0.15, 0.2) is 48.5 Å². The molecule has 0 spiro atoms. The number of ether oxygens (including phenoxy) is 4. The molecule has 0 heterocycles. The van der Waals surface area contributed by atoms with Crippen molar-refractivity contribution in [2.24, 2.45) is 0 Å². The fourth-order valence-corrected chi connectivity index (χ4v) is 2.30. The van der Waals surface area contributed by atoms with Gasteiger partial charge in [0.25, 0.3) is 0 Å². The lowest BCUT2D eigenvalue weighted by Gasteiger charge is -2.09. The number of carbonyl (C=O) groups is 2. The highest BCUT2D eigenvalue weighted by molar-refractivity contribution is 6.01.